The van der Waals surface area contributed by atoms with Gasteiger partial charge in [-0.2, -0.15) is 0 Å². The molecule has 0 bridgehead atoms. The van der Waals surface area contributed by atoms with E-state index in [1.807, 2.05) is 42.5 Å². The number of carbonyl (C=O) groups is 2. The molecule has 0 radical (unpaired) electrons. The smallest absolute Gasteiger partial charge is 0.333 e. The number of hydrazine groups is 1. The van der Waals surface area contributed by atoms with Crippen LogP contribution in [0.15, 0.2) is 42.5 Å². The van der Waals surface area contributed by atoms with Gasteiger partial charge in [0.1, 0.15) is 0 Å². The van der Waals surface area contributed by atoms with E-state index < -0.39 is 0 Å². The largest absolute Gasteiger partial charge is 0.333 e. The van der Waals surface area contributed by atoms with Gasteiger partial charge in [0.15, 0.2) is 0 Å². The maximum Gasteiger partial charge on any atom is 0.333 e. The SMILES string of the molecule is O=C(Cc1cccc2ccccc12)NNC(=O)NC(C1CC1)C1CC1. The summed E-state index contributed by atoms with van der Waals surface area (Å²) < 4.78 is 0. The summed E-state index contributed by atoms with van der Waals surface area (Å²) in [6, 6.07) is 13.9. The Labute approximate surface area is 147 Å². The number of fused-ring (bicyclic) bond motifs is 1. The van der Waals surface area contributed by atoms with E-state index in [0.717, 1.165) is 16.3 Å². The molecule has 2 saturated carbocycles. The highest BCUT2D eigenvalue weighted by atomic mass is 16.2. The van der Waals surface area contributed by atoms with Crippen LogP contribution in [0.25, 0.3) is 10.8 Å². The van der Waals surface area contributed by atoms with Crippen molar-refractivity contribution in [1.29, 1.82) is 0 Å². The zero-order valence-electron chi connectivity index (χ0n) is 14.1. The van der Waals surface area contributed by atoms with Crippen LogP contribution in [0, 0.1) is 11.8 Å². The number of urea groups is 1. The normalized spacial score (nSPS) is 16.7. The summed E-state index contributed by atoms with van der Waals surface area (Å²) in [7, 11) is 0. The minimum absolute atomic E-state index is 0.221. The summed E-state index contributed by atoms with van der Waals surface area (Å²) in [5.74, 6) is 1.04. The number of rotatable bonds is 5. The van der Waals surface area contributed by atoms with Crippen LogP contribution in [-0.4, -0.2) is 18.0 Å². The van der Waals surface area contributed by atoms with Gasteiger partial charge in [-0.05, 0) is 53.9 Å². The monoisotopic (exact) mass is 337 g/mol. The third-order valence-corrected chi connectivity index (χ3v) is 5.10. The second-order valence-electron chi connectivity index (χ2n) is 7.16. The van der Waals surface area contributed by atoms with Crippen molar-refractivity contribution in [2.45, 2.75) is 38.1 Å². The van der Waals surface area contributed by atoms with Gasteiger partial charge >= 0.3 is 6.03 Å². The number of amides is 3. The molecule has 0 unspecified atom stereocenters. The predicted octanol–water partition coefficient (Wildman–Crippen LogP) is 2.90. The molecule has 2 aromatic rings. The Morgan fingerprint density at radius 3 is 2.32 bits per heavy atom. The molecule has 0 spiro atoms. The minimum atomic E-state index is -0.310. The van der Waals surface area contributed by atoms with Crippen LogP contribution in [0.3, 0.4) is 0 Å². The first-order chi connectivity index (χ1) is 12.2. The second kappa shape index (κ2) is 6.75. The molecule has 5 nitrogen and oxygen atoms in total. The number of hydrogen-bond donors (Lipinski definition) is 3. The molecule has 0 heterocycles. The maximum atomic E-state index is 12.2. The van der Waals surface area contributed by atoms with Gasteiger partial charge in [-0.3, -0.25) is 10.2 Å². The first-order valence-electron chi connectivity index (χ1n) is 9.03. The Hall–Kier alpha value is -2.56. The van der Waals surface area contributed by atoms with Gasteiger partial charge in [-0.15, -0.1) is 0 Å². The quantitative estimate of drug-likeness (QED) is 0.734. The highest BCUT2D eigenvalue weighted by Crippen LogP contribution is 2.44. The summed E-state index contributed by atoms with van der Waals surface area (Å²) in [5.41, 5.74) is 5.97. The maximum absolute atomic E-state index is 12.2. The zero-order valence-corrected chi connectivity index (χ0v) is 14.1. The van der Waals surface area contributed by atoms with Gasteiger partial charge in [0, 0.05) is 6.04 Å². The number of benzene rings is 2. The Balaban J connectivity index is 1.30. The van der Waals surface area contributed by atoms with E-state index >= 15 is 0 Å². The fourth-order valence-corrected chi connectivity index (χ4v) is 3.51. The lowest BCUT2D eigenvalue weighted by Gasteiger charge is -2.18. The highest BCUT2D eigenvalue weighted by Gasteiger charge is 2.42. The van der Waals surface area contributed by atoms with Crippen molar-refractivity contribution in [3.8, 4) is 0 Å². The van der Waals surface area contributed by atoms with Gasteiger partial charge in [0.2, 0.25) is 5.91 Å². The van der Waals surface area contributed by atoms with E-state index in [9.17, 15) is 9.59 Å². The molecular weight excluding hydrogens is 314 g/mol. The van der Waals surface area contributed by atoms with E-state index in [-0.39, 0.29) is 24.4 Å². The average Bonchev–Trinajstić information content (AvgIpc) is 3.51. The van der Waals surface area contributed by atoms with Gasteiger partial charge in [-0.1, -0.05) is 42.5 Å². The van der Waals surface area contributed by atoms with Gasteiger partial charge in [-0.25, -0.2) is 10.2 Å². The lowest BCUT2D eigenvalue weighted by Crippen LogP contribution is -2.51. The first-order valence-corrected chi connectivity index (χ1v) is 9.03. The van der Waals surface area contributed by atoms with Crippen molar-refractivity contribution < 1.29 is 9.59 Å². The molecule has 2 aliphatic rings. The molecule has 0 aromatic heterocycles. The van der Waals surface area contributed by atoms with E-state index in [4.69, 9.17) is 0 Å². The van der Waals surface area contributed by atoms with E-state index in [0.29, 0.717) is 11.8 Å². The van der Waals surface area contributed by atoms with Crippen molar-refractivity contribution in [2.75, 3.05) is 0 Å². The molecule has 2 aromatic carbocycles. The summed E-state index contributed by atoms with van der Waals surface area (Å²) in [4.78, 5) is 24.2. The molecule has 130 valence electrons. The standard InChI is InChI=1S/C20H23N3O2/c24-18(12-16-6-3-5-13-4-1-2-7-17(13)16)22-23-20(25)21-19(14-8-9-14)15-10-11-15/h1-7,14-15,19H,8-12H2,(H,22,24)(H2,21,23,25). The fourth-order valence-electron chi connectivity index (χ4n) is 3.51. The minimum Gasteiger partial charge on any atom is -0.333 e. The number of carbonyl (C=O) groups excluding carboxylic acids is 2. The molecule has 2 aliphatic carbocycles. The summed E-state index contributed by atoms with van der Waals surface area (Å²) >= 11 is 0. The molecular formula is C20H23N3O2. The number of hydrogen-bond acceptors (Lipinski definition) is 2. The third-order valence-electron chi connectivity index (χ3n) is 5.10. The second-order valence-corrected chi connectivity index (χ2v) is 7.16. The van der Waals surface area contributed by atoms with Gasteiger partial charge in [0.25, 0.3) is 0 Å². The van der Waals surface area contributed by atoms with Crippen molar-refractivity contribution in [1.82, 2.24) is 16.2 Å². The van der Waals surface area contributed by atoms with Crippen LogP contribution < -0.4 is 16.2 Å². The van der Waals surface area contributed by atoms with Crippen LogP contribution >= 0.6 is 0 Å². The average molecular weight is 337 g/mol. The fraction of sp³-hybridized carbons (Fsp3) is 0.400. The molecule has 0 aliphatic heterocycles. The van der Waals surface area contributed by atoms with Gasteiger partial charge < -0.3 is 5.32 Å². The van der Waals surface area contributed by atoms with Gasteiger partial charge in [0.05, 0.1) is 6.42 Å². The van der Waals surface area contributed by atoms with E-state index in [2.05, 4.69) is 16.2 Å². The van der Waals surface area contributed by atoms with Crippen LogP contribution in [0.1, 0.15) is 31.2 Å². The number of nitrogens with one attached hydrogen (secondary N) is 3. The lowest BCUT2D eigenvalue weighted by molar-refractivity contribution is -0.121. The topological polar surface area (TPSA) is 70.2 Å². The Morgan fingerprint density at radius 1 is 0.920 bits per heavy atom. The molecule has 3 N–H and O–H groups in total. The van der Waals surface area contributed by atoms with E-state index in [1.54, 1.807) is 0 Å². The summed E-state index contributed by atoms with van der Waals surface area (Å²) in [6.45, 7) is 0. The summed E-state index contributed by atoms with van der Waals surface area (Å²) in [5, 5.41) is 5.19. The first kappa shape index (κ1) is 15.9. The van der Waals surface area contributed by atoms with E-state index in [1.165, 1.54) is 25.7 Å². The van der Waals surface area contributed by atoms with Crippen LogP contribution in [0.4, 0.5) is 4.79 Å². The van der Waals surface area contributed by atoms with Crippen LogP contribution in [-0.2, 0) is 11.2 Å². The van der Waals surface area contributed by atoms with Crippen molar-refractivity contribution in [3.63, 3.8) is 0 Å². The molecule has 2 fully saturated rings. The molecule has 5 heteroatoms. The molecule has 3 amide bonds. The Kier molecular flexibility index (Phi) is 4.30. The molecule has 25 heavy (non-hydrogen) atoms. The Bertz CT molecular complexity index is 779. The van der Waals surface area contributed by atoms with Crippen LogP contribution in [0.5, 0.6) is 0 Å². The molecule has 0 saturated heterocycles. The van der Waals surface area contributed by atoms with Crippen molar-refractivity contribution in [2.24, 2.45) is 11.8 Å². The molecule has 0 atom stereocenters. The van der Waals surface area contributed by atoms with Crippen molar-refractivity contribution in [3.05, 3.63) is 48.0 Å². The highest BCUT2D eigenvalue weighted by molar-refractivity contribution is 5.90. The lowest BCUT2D eigenvalue weighted by atomic mass is 10.0. The summed E-state index contributed by atoms with van der Waals surface area (Å²) in [6.07, 6.45) is 5.05. The third kappa shape index (κ3) is 3.92. The van der Waals surface area contributed by atoms with Crippen LogP contribution in [0.2, 0.25) is 0 Å². The molecule has 4 rings (SSSR count). The van der Waals surface area contributed by atoms with Crippen molar-refractivity contribution >= 4 is 22.7 Å². The Morgan fingerprint density at radius 2 is 1.60 bits per heavy atom. The zero-order chi connectivity index (χ0) is 17.2. The predicted molar refractivity (Wildman–Crippen MR) is 96.7 cm³/mol.